The van der Waals surface area contributed by atoms with Gasteiger partial charge in [0.2, 0.25) is 0 Å². The van der Waals surface area contributed by atoms with Crippen LogP contribution in [0.3, 0.4) is 0 Å². The number of nitrogens with one attached hydrogen (secondary N) is 2. The molecule has 60 valence electrons. The van der Waals surface area contributed by atoms with Gasteiger partial charge in [-0.15, -0.1) is 0 Å². The summed E-state index contributed by atoms with van der Waals surface area (Å²) in [6.07, 6.45) is 4.22. The molecule has 0 radical (unpaired) electrons. The summed E-state index contributed by atoms with van der Waals surface area (Å²) in [6, 6.07) is 0. The Balaban J connectivity index is 0.000000180. The molecule has 0 spiro atoms. The molecule has 0 aromatic carbocycles. The van der Waals surface area contributed by atoms with Crippen molar-refractivity contribution in [3.8, 4) is 0 Å². The SMILES string of the molecule is C1CCNCC1.CC(=N)N. The molecule has 0 atom stereocenters. The molecule has 1 aliphatic heterocycles. The fourth-order valence-electron chi connectivity index (χ4n) is 0.802. The smallest absolute Gasteiger partial charge is 0.0873 e. The van der Waals surface area contributed by atoms with E-state index in [0.717, 1.165) is 0 Å². The largest absolute Gasteiger partial charge is 0.388 e. The summed E-state index contributed by atoms with van der Waals surface area (Å²) in [5, 5.41) is 9.56. The van der Waals surface area contributed by atoms with Crippen LogP contribution >= 0.6 is 0 Å². The molecule has 0 amide bonds. The molecule has 3 nitrogen and oxygen atoms in total. The molecular weight excluding hydrogens is 126 g/mol. The van der Waals surface area contributed by atoms with Crippen LogP contribution in [0, 0.1) is 5.41 Å². The standard InChI is InChI=1S/C5H11N.C2H6N2/c1-2-4-6-5-3-1;1-2(3)4/h6H,1-5H2;1H3,(H3,3,4). The van der Waals surface area contributed by atoms with Gasteiger partial charge in [0, 0.05) is 0 Å². The average molecular weight is 143 g/mol. The maximum atomic E-state index is 6.28. The van der Waals surface area contributed by atoms with E-state index in [1.165, 1.54) is 39.3 Å². The average Bonchev–Trinajstić information content (AvgIpc) is 1.90. The van der Waals surface area contributed by atoms with Gasteiger partial charge >= 0.3 is 0 Å². The normalized spacial score (nSPS) is 16.9. The molecule has 1 aliphatic rings. The van der Waals surface area contributed by atoms with Crippen LogP contribution in [-0.4, -0.2) is 18.9 Å². The molecular formula is C7H17N3. The van der Waals surface area contributed by atoms with Crippen LogP contribution in [-0.2, 0) is 0 Å². The second-order valence-electron chi connectivity index (χ2n) is 2.49. The first kappa shape index (κ1) is 9.43. The van der Waals surface area contributed by atoms with Gasteiger partial charge in [0.05, 0.1) is 5.84 Å². The Kier molecular flexibility index (Phi) is 6.18. The minimum atomic E-state index is 0.167. The lowest BCUT2D eigenvalue weighted by atomic mass is 10.2. The van der Waals surface area contributed by atoms with E-state index in [-0.39, 0.29) is 5.84 Å². The molecule has 1 rings (SSSR count). The van der Waals surface area contributed by atoms with Crippen molar-refractivity contribution in [1.29, 1.82) is 5.41 Å². The highest BCUT2D eigenvalue weighted by molar-refractivity contribution is 5.73. The summed E-state index contributed by atoms with van der Waals surface area (Å²) in [6.45, 7) is 4.03. The van der Waals surface area contributed by atoms with Crippen LogP contribution in [0.15, 0.2) is 0 Å². The first-order valence-corrected chi connectivity index (χ1v) is 3.75. The van der Waals surface area contributed by atoms with E-state index in [4.69, 9.17) is 11.1 Å². The molecule has 0 saturated carbocycles. The van der Waals surface area contributed by atoms with Crippen molar-refractivity contribution in [1.82, 2.24) is 5.32 Å². The van der Waals surface area contributed by atoms with Crippen LogP contribution in [0.4, 0.5) is 0 Å². The number of rotatable bonds is 0. The van der Waals surface area contributed by atoms with Gasteiger partial charge in [-0.1, -0.05) is 6.42 Å². The van der Waals surface area contributed by atoms with E-state index in [1.54, 1.807) is 0 Å². The third kappa shape index (κ3) is 10.4. The van der Waals surface area contributed by atoms with E-state index in [0.29, 0.717) is 0 Å². The van der Waals surface area contributed by atoms with Crippen molar-refractivity contribution in [2.45, 2.75) is 26.2 Å². The van der Waals surface area contributed by atoms with Gasteiger partial charge in [-0.3, -0.25) is 5.41 Å². The Bertz CT molecular complexity index is 71.3. The summed E-state index contributed by atoms with van der Waals surface area (Å²) < 4.78 is 0. The Hall–Kier alpha value is -0.570. The fraction of sp³-hybridized carbons (Fsp3) is 0.857. The van der Waals surface area contributed by atoms with Gasteiger partial charge in [-0.25, -0.2) is 0 Å². The highest BCUT2D eigenvalue weighted by atomic mass is 14.9. The zero-order valence-electron chi connectivity index (χ0n) is 6.61. The minimum absolute atomic E-state index is 0.167. The number of amidine groups is 1. The summed E-state index contributed by atoms with van der Waals surface area (Å²) in [5.74, 6) is 0.167. The minimum Gasteiger partial charge on any atom is -0.388 e. The molecule has 0 aromatic rings. The first-order chi connectivity index (χ1) is 4.73. The maximum absolute atomic E-state index is 6.28. The number of hydrogen-bond acceptors (Lipinski definition) is 2. The summed E-state index contributed by atoms with van der Waals surface area (Å²) in [4.78, 5) is 0. The molecule has 0 aromatic heterocycles. The van der Waals surface area contributed by atoms with Crippen LogP contribution in [0.25, 0.3) is 0 Å². The maximum Gasteiger partial charge on any atom is 0.0873 e. The van der Waals surface area contributed by atoms with E-state index in [9.17, 15) is 0 Å². The molecule has 0 unspecified atom stereocenters. The van der Waals surface area contributed by atoms with Crippen molar-refractivity contribution < 1.29 is 0 Å². The quantitative estimate of drug-likeness (QED) is 0.345. The van der Waals surface area contributed by atoms with Gasteiger partial charge in [-0.05, 0) is 32.9 Å². The van der Waals surface area contributed by atoms with Crippen molar-refractivity contribution >= 4 is 5.84 Å². The van der Waals surface area contributed by atoms with Gasteiger partial charge in [-0.2, -0.15) is 0 Å². The van der Waals surface area contributed by atoms with E-state index >= 15 is 0 Å². The van der Waals surface area contributed by atoms with Gasteiger partial charge in [0.1, 0.15) is 0 Å². The topological polar surface area (TPSA) is 61.9 Å². The second-order valence-corrected chi connectivity index (χ2v) is 2.49. The van der Waals surface area contributed by atoms with E-state index in [1.807, 2.05) is 0 Å². The molecule has 1 saturated heterocycles. The van der Waals surface area contributed by atoms with Gasteiger partial charge in [0.25, 0.3) is 0 Å². The number of nitrogens with two attached hydrogens (primary N) is 1. The molecule has 0 aliphatic carbocycles. The highest BCUT2D eigenvalue weighted by Gasteiger charge is 1.93. The third-order valence-electron chi connectivity index (χ3n) is 1.21. The molecule has 10 heavy (non-hydrogen) atoms. The molecule has 1 heterocycles. The van der Waals surface area contributed by atoms with Crippen LogP contribution in [0.5, 0.6) is 0 Å². The van der Waals surface area contributed by atoms with Crippen LogP contribution in [0.1, 0.15) is 26.2 Å². The highest BCUT2D eigenvalue weighted by Crippen LogP contribution is 1.96. The molecule has 3 heteroatoms. The Morgan fingerprint density at radius 1 is 1.30 bits per heavy atom. The summed E-state index contributed by atoms with van der Waals surface area (Å²) in [7, 11) is 0. The second kappa shape index (κ2) is 6.55. The lowest BCUT2D eigenvalue weighted by Gasteiger charge is -2.08. The summed E-state index contributed by atoms with van der Waals surface area (Å²) >= 11 is 0. The third-order valence-corrected chi connectivity index (χ3v) is 1.21. The fourth-order valence-corrected chi connectivity index (χ4v) is 0.802. The molecule has 1 fully saturated rings. The summed E-state index contributed by atoms with van der Waals surface area (Å²) in [5.41, 5.74) is 4.69. The van der Waals surface area contributed by atoms with Crippen molar-refractivity contribution in [2.75, 3.05) is 13.1 Å². The zero-order valence-corrected chi connectivity index (χ0v) is 6.61. The van der Waals surface area contributed by atoms with Crippen molar-refractivity contribution in [3.05, 3.63) is 0 Å². The molecule has 0 bridgehead atoms. The van der Waals surface area contributed by atoms with Crippen molar-refractivity contribution in [3.63, 3.8) is 0 Å². The lowest BCUT2D eigenvalue weighted by molar-refractivity contribution is 0.520. The van der Waals surface area contributed by atoms with Crippen molar-refractivity contribution in [2.24, 2.45) is 5.73 Å². The predicted octanol–water partition coefficient (Wildman–Crippen LogP) is 0.702. The van der Waals surface area contributed by atoms with Gasteiger partial charge in [0.15, 0.2) is 0 Å². The van der Waals surface area contributed by atoms with E-state index in [2.05, 4.69) is 5.32 Å². The van der Waals surface area contributed by atoms with E-state index < -0.39 is 0 Å². The van der Waals surface area contributed by atoms with Crippen LogP contribution < -0.4 is 11.1 Å². The van der Waals surface area contributed by atoms with Crippen LogP contribution in [0.2, 0.25) is 0 Å². The molecule has 4 N–H and O–H groups in total. The predicted molar refractivity (Wildman–Crippen MR) is 44.3 cm³/mol. The Labute approximate surface area is 62.5 Å². The Morgan fingerprint density at radius 2 is 1.70 bits per heavy atom. The number of hydrogen-bond donors (Lipinski definition) is 3. The first-order valence-electron chi connectivity index (χ1n) is 3.75. The Morgan fingerprint density at radius 3 is 1.80 bits per heavy atom. The lowest BCUT2D eigenvalue weighted by Crippen LogP contribution is -2.21. The number of piperidine rings is 1. The zero-order chi connectivity index (χ0) is 7.82. The van der Waals surface area contributed by atoms with Gasteiger partial charge < -0.3 is 11.1 Å². The monoisotopic (exact) mass is 143 g/mol.